The van der Waals surface area contributed by atoms with Crippen LogP contribution in [0, 0.1) is 32.1 Å². The van der Waals surface area contributed by atoms with Gasteiger partial charge in [0.2, 0.25) is 11.9 Å². The highest BCUT2D eigenvalue weighted by Gasteiger charge is 2.23. The second-order valence-corrected chi connectivity index (χ2v) is 15.1. The third-order valence-electron chi connectivity index (χ3n) is 10.1. The van der Waals surface area contributed by atoms with Gasteiger partial charge < -0.3 is 16.3 Å². The predicted molar refractivity (Wildman–Crippen MR) is 242 cm³/mol. The van der Waals surface area contributed by atoms with Gasteiger partial charge in [-0.1, -0.05) is 30.3 Å². The molecule has 18 heteroatoms. The van der Waals surface area contributed by atoms with Crippen LogP contribution in [0.25, 0.3) is 60.9 Å². The van der Waals surface area contributed by atoms with Gasteiger partial charge in [-0.15, -0.1) is 15.2 Å². The average Bonchev–Trinajstić information content (AvgIpc) is 3.92. The summed E-state index contributed by atoms with van der Waals surface area (Å²) < 4.78 is 30.1. The molecule has 0 fully saturated rings. The van der Waals surface area contributed by atoms with Crippen molar-refractivity contribution in [3.8, 4) is 44.8 Å². The molecule has 318 valence electrons. The zero-order chi connectivity index (χ0) is 45.2. The van der Waals surface area contributed by atoms with E-state index in [-0.39, 0.29) is 23.5 Å². The summed E-state index contributed by atoms with van der Waals surface area (Å²) in [5, 5.41) is 9.50. The molecule has 65 heavy (non-hydrogen) atoms. The Bertz CT molecular complexity index is 3440. The molecule has 0 bridgehead atoms. The van der Waals surface area contributed by atoms with Gasteiger partial charge in [0, 0.05) is 40.6 Å². The van der Waals surface area contributed by atoms with Crippen LogP contribution in [0.15, 0.2) is 122 Å². The number of benzene rings is 2. The van der Waals surface area contributed by atoms with E-state index in [1.165, 1.54) is 33.3 Å². The first-order valence-electron chi connectivity index (χ1n) is 19.9. The fraction of sp³-hybridized carbons (Fsp3) is 0.0851. The number of hydrogen-bond acceptors (Lipinski definition) is 12. The van der Waals surface area contributed by atoms with E-state index in [1.807, 2.05) is 56.3 Å². The molecule has 15 nitrogen and oxygen atoms in total. The Kier molecular flexibility index (Phi) is 11.3. The molecule has 0 aliphatic heterocycles. The number of nitrogen functional groups attached to an aromatic ring is 2. The molecule has 8 aromatic heterocycles. The molecule has 4 N–H and O–H groups in total. The number of anilines is 2. The molecule has 0 saturated heterocycles. The van der Waals surface area contributed by atoms with E-state index < -0.39 is 0 Å². The number of aryl methyl sites for hydroxylation is 2. The number of hydrogen-bond donors (Lipinski definition) is 2. The molecule has 0 amide bonds. The summed E-state index contributed by atoms with van der Waals surface area (Å²) in [7, 11) is 0. The zero-order valence-electron chi connectivity index (χ0n) is 34.6. The lowest BCUT2D eigenvalue weighted by Crippen LogP contribution is -2.06. The van der Waals surface area contributed by atoms with E-state index in [0.29, 0.717) is 80.5 Å². The second kappa shape index (κ2) is 17.6. The SMILES string of the molecule is Cc1cc(-c2c(-c3ccc(F)cc3)nc(N)n3nc(Cc4cccc(Cl)n4)nc23)ccn1.[C-]#[N+]c1cccc(Cc2nc3c(-c4ccnc(C)c4)c(-c4ccc(F)cc4)nc(N)n3n2)n1. The summed E-state index contributed by atoms with van der Waals surface area (Å²) in [6, 6.07) is 30.4. The van der Waals surface area contributed by atoms with Crippen LogP contribution in [0.1, 0.15) is 34.4 Å². The van der Waals surface area contributed by atoms with Gasteiger partial charge in [-0.3, -0.25) is 9.97 Å². The number of pyridine rings is 4. The normalized spacial score (nSPS) is 11.1. The Balaban J connectivity index is 0.000000164. The van der Waals surface area contributed by atoms with Crippen LogP contribution in [0.2, 0.25) is 5.15 Å². The Hall–Kier alpha value is -8.62. The number of nitrogens with two attached hydrogens (primary N) is 2. The molecule has 10 aromatic rings. The minimum absolute atomic E-state index is 0.153. The summed E-state index contributed by atoms with van der Waals surface area (Å²) in [5.74, 6) is 0.977. The molecular formula is C47H34ClF2N15. The highest BCUT2D eigenvalue weighted by molar-refractivity contribution is 6.29. The number of fused-ring (bicyclic) bond motifs is 2. The van der Waals surface area contributed by atoms with Crippen LogP contribution >= 0.6 is 11.6 Å². The standard InChI is InChI=1S/C24H17FN8.C23H17ClFN7/c1-14-12-16(10-11-28-14)21-22(15-6-8-17(25)9-7-15)31-24(26)33-23(21)30-20(32-33)13-18-4-3-5-19(27-2)29-18;1-13-11-15(9-10-27-13)20-21(14-5-7-16(25)8-6-14)30-23(26)32-22(20)29-19(31-32)12-17-3-2-4-18(24)28-17/h3-12H,13H2,1H3,(H2,26,31);2-11H,12H2,1H3,(H2,26,30). The van der Waals surface area contributed by atoms with Gasteiger partial charge in [-0.25, -0.2) is 33.7 Å². The molecule has 0 atom stereocenters. The van der Waals surface area contributed by atoms with Crippen molar-refractivity contribution in [3.63, 3.8) is 0 Å². The quantitative estimate of drug-likeness (QED) is 0.109. The van der Waals surface area contributed by atoms with E-state index in [2.05, 4.69) is 44.9 Å². The first-order chi connectivity index (χ1) is 31.5. The van der Waals surface area contributed by atoms with Gasteiger partial charge in [0.05, 0.1) is 35.4 Å². The molecule has 2 aromatic carbocycles. The van der Waals surface area contributed by atoms with Gasteiger partial charge in [-0.05, 0) is 122 Å². The van der Waals surface area contributed by atoms with Gasteiger partial charge in [0.15, 0.2) is 22.9 Å². The predicted octanol–water partition coefficient (Wildman–Crippen LogP) is 8.94. The molecule has 0 aliphatic carbocycles. The van der Waals surface area contributed by atoms with Gasteiger partial charge in [-0.2, -0.15) is 9.03 Å². The molecule has 10 rings (SSSR count). The molecular weight excluding hydrogens is 848 g/mol. The molecule has 0 saturated carbocycles. The van der Waals surface area contributed by atoms with E-state index in [4.69, 9.17) is 39.6 Å². The van der Waals surface area contributed by atoms with Gasteiger partial charge in [0.25, 0.3) is 5.82 Å². The first kappa shape index (κ1) is 41.7. The Morgan fingerprint density at radius 1 is 0.569 bits per heavy atom. The molecule has 0 radical (unpaired) electrons. The first-order valence-corrected chi connectivity index (χ1v) is 20.3. The highest BCUT2D eigenvalue weighted by Crippen LogP contribution is 2.37. The fourth-order valence-electron chi connectivity index (χ4n) is 7.22. The van der Waals surface area contributed by atoms with Crippen molar-refractivity contribution >= 4 is 40.6 Å². The van der Waals surface area contributed by atoms with E-state index in [1.54, 1.807) is 54.9 Å². The third-order valence-corrected chi connectivity index (χ3v) is 10.3. The largest absolute Gasteiger partial charge is 0.368 e. The Labute approximate surface area is 374 Å². The van der Waals surface area contributed by atoms with Crippen molar-refractivity contribution in [1.29, 1.82) is 0 Å². The zero-order valence-corrected chi connectivity index (χ0v) is 35.3. The summed E-state index contributed by atoms with van der Waals surface area (Å²) >= 11 is 6.02. The maximum Gasteiger partial charge on any atom is 0.269 e. The summed E-state index contributed by atoms with van der Waals surface area (Å²) in [6.07, 6.45) is 4.13. The third kappa shape index (κ3) is 8.87. The van der Waals surface area contributed by atoms with Crippen molar-refractivity contribution in [1.82, 2.24) is 59.1 Å². The Morgan fingerprint density at radius 2 is 1.03 bits per heavy atom. The molecule has 0 spiro atoms. The van der Waals surface area contributed by atoms with E-state index >= 15 is 0 Å². The van der Waals surface area contributed by atoms with Gasteiger partial charge in [0.1, 0.15) is 22.5 Å². The minimum Gasteiger partial charge on any atom is -0.368 e. The fourth-order valence-corrected chi connectivity index (χ4v) is 7.40. The topological polar surface area (TPSA) is 194 Å². The van der Waals surface area contributed by atoms with E-state index in [9.17, 15) is 8.78 Å². The Morgan fingerprint density at radius 3 is 1.48 bits per heavy atom. The molecule has 0 aliphatic rings. The van der Waals surface area contributed by atoms with Crippen LogP contribution in [-0.4, -0.2) is 59.1 Å². The minimum atomic E-state index is -0.340. The monoisotopic (exact) mass is 881 g/mol. The maximum atomic E-state index is 13.6. The summed E-state index contributed by atoms with van der Waals surface area (Å²) in [5.41, 5.74) is 22.4. The van der Waals surface area contributed by atoms with Crippen LogP contribution in [0.5, 0.6) is 0 Å². The number of rotatable bonds is 8. The average molecular weight is 882 g/mol. The number of nitrogens with zero attached hydrogens (tertiary/aromatic N) is 13. The lowest BCUT2D eigenvalue weighted by atomic mass is 10.0. The van der Waals surface area contributed by atoms with Crippen molar-refractivity contribution in [2.24, 2.45) is 0 Å². The van der Waals surface area contributed by atoms with Crippen molar-refractivity contribution in [3.05, 3.63) is 184 Å². The summed E-state index contributed by atoms with van der Waals surface area (Å²) in [6.45, 7) is 11.0. The smallest absolute Gasteiger partial charge is 0.269 e. The number of halogens is 3. The van der Waals surface area contributed by atoms with Crippen molar-refractivity contribution in [2.45, 2.75) is 26.7 Å². The van der Waals surface area contributed by atoms with Gasteiger partial charge >= 0.3 is 0 Å². The number of aromatic nitrogens is 12. The van der Waals surface area contributed by atoms with Crippen LogP contribution in [0.4, 0.5) is 26.5 Å². The highest BCUT2D eigenvalue weighted by atomic mass is 35.5. The maximum absolute atomic E-state index is 13.6. The van der Waals surface area contributed by atoms with Crippen molar-refractivity contribution < 1.29 is 8.78 Å². The van der Waals surface area contributed by atoms with Crippen molar-refractivity contribution in [2.75, 3.05) is 11.5 Å². The molecule has 0 unspecified atom stereocenters. The lowest BCUT2D eigenvalue weighted by molar-refractivity contribution is 0.627. The lowest BCUT2D eigenvalue weighted by Gasteiger charge is -2.12. The summed E-state index contributed by atoms with van der Waals surface area (Å²) in [4.78, 5) is 39.3. The van der Waals surface area contributed by atoms with Crippen LogP contribution in [-0.2, 0) is 12.8 Å². The second-order valence-electron chi connectivity index (χ2n) is 14.7. The van der Waals surface area contributed by atoms with Crippen LogP contribution in [0.3, 0.4) is 0 Å². The van der Waals surface area contributed by atoms with E-state index in [0.717, 1.165) is 33.8 Å². The van der Waals surface area contributed by atoms with Crippen LogP contribution < -0.4 is 11.5 Å². The molecule has 8 heterocycles.